The third kappa shape index (κ3) is 5.43. The van der Waals surface area contributed by atoms with Crippen LogP contribution in [0.2, 0.25) is 0 Å². The summed E-state index contributed by atoms with van der Waals surface area (Å²) in [6, 6.07) is 0.161. The highest BCUT2D eigenvalue weighted by Crippen LogP contribution is 2.28. The van der Waals surface area contributed by atoms with Crippen molar-refractivity contribution in [1.82, 2.24) is 0 Å². The molecule has 0 aliphatic rings. The zero-order valence-electron chi connectivity index (χ0n) is 10.9. The van der Waals surface area contributed by atoms with Crippen molar-refractivity contribution in [2.75, 3.05) is 0 Å². The molecule has 14 heavy (non-hydrogen) atoms. The molecule has 0 aliphatic carbocycles. The summed E-state index contributed by atoms with van der Waals surface area (Å²) in [6.07, 6.45) is 4.36. The lowest BCUT2D eigenvalue weighted by Crippen LogP contribution is -2.35. The Morgan fingerprint density at radius 1 is 1.00 bits per heavy atom. The molecule has 1 unspecified atom stereocenters. The highest BCUT2D eigenvalue weighted by atomic mass is 14.6. The van der Waals surface area contributed by atoms with Gasteiger partial charge in [-0.25, -0.2) is 0 Å². The fourth-order valence-electron chi connectivity index (χ4n) is 1.14. The van der Waals surface area contributed by atoms with Crippen molar-refractivity contribution in [3.63, 3.8) is 0 Å². The maximum Gasteiger partial charge on any atom is 0.0255 e. The van der Waals surface area contributed by atoms with Crippen molar-refractivity contribution in [1.29, 1.82) is 0 Å². The molecule has 84 valence electrons. The summed E-state index contributed by atoms with van der Waals surface area (Å²) in [5, 5.41) is 0. The van der Waals surface area contributed by atoms with Gasteiger partial charge in [-0.05, 0) is 16.7 Å². The van der Waals surface area contributed by atoms with Crippen molar-refractivity contribution >= 4 is 0 Å². The van der Waals surface area contributed by atoms with E-state index in [0.29, 0.717) is 5.92 Å². The van der Waals surface area contributed by atoms with E-state index in [0.717, 1.165) is 0 Å². The van der Waals surface area contributed by atoms with Gasteiger partial charge in [-0.15, -0.1) is 0 Å². The quantitative estimate of drug-likeness (QED) is 0.673. The van der Waals surface area contributed by atoms with E-state index in [1.165, 1.54) is 0 Å². The molecular formula is C13H27N. The fraction of sp³-hybridized carbons (Fsp3) is 0.846. The summed E-state index contributed by atoms with van der Waals surface area (Å²) in [5.41, 5.74) is 6.63. The minimum absolute atomic E-state index is 0.161. The largest absolute Gasteiger partial charge is 0.324 e. The number of rotatable bonds is 2. The summed E-state index contributed by atoms with van der Waals surface area (Å²) in [5.74, 6) is 0.501. The molecule has 0 rings (SSSR count). The lowest BCUT2D eigenvalue weighted by Gasteiger charge is -2.31. The standard InChI is InChI=1S/C13H27N/c1-10(13(5,6)7)11(14)8-9-12(2,3)4/h8-11H,14H2,1-7H3/t10-,11?/m0/s1. The molecule has 0 heterocycles. The third-order valence-corrected chi connectivity index (χ3v) is 2.76. The van der Waals surface area contributed by atoms with E-state index in [4.69, 9.17) is 5.73 Å². The minimum atomic E-state index is 0.161. The first kappa shape index (κ1) is 13.7. The summed E-state index contributed by atoms with van der Waals surface area (Å²) < 4.78 is 0. The Labute approximate surface area is 89.8 Å². The number of allylic oxidation sites excluding steroid dienone is 1. The Morgan fingerprint density at radius 2 is 1.43 bits per heavy atom. The van der Waals surface area contributed by atoms with Gasteiger partial charge in [-0.3, -0.25) is 0 Å². The van der Waals surface area contributed by atoms with E-state index in [2.05, 4.69) is 60.6 Å². The van der Waals surface area contributed by atoms with Crippen LogP contribution in [0, 0.1) is 16.7 Å². The van der Waals surface area contributed by atoms with Crippen LogP contribution >= 0.6 is 0 Å². The normalized spacial score (nSPS) is 18.6. The van der Waals surface area contributed by atoms with Crippen LogP contribution in [0.1, 0.15) is 48.5 Å². The number of hydrogen-bond acceptors (Lipinski definition) is 1. The van der Waals surface area contributed by atoms with Crippen molar-refractivity contribution in [3.8, 4) is 0 Å². The number of hydrogen-bond donors (Lipinski definition) is 1. The van der Waals surface area contributed by atoms with Gasteiger partial charge in [0.25, 0.3) is 0 Å². The summed E-state index contributed by atoms with van der Waals surface area (Å²) in [7, 11) is 0. The van der Waals surface area contributed by atoms with Gasteiger partial charge in [0.1, 0.15) is 0 Å². The second kappa shape index (κ2) is 4.48. The van der Waals surface area contributed by atoms with E-state index in [1.54, 1.807) is 0 Å². The Hall–Kier alpha value is -0.300. The molecule has 0 saturated carbocycles. The monoisotopic (exact) mass is 197 g/mol. The Morgan fingerprint density at radius 3 is 1.71 bits per heavy atom. The molecule has 0 aromatic rings. The van der Waals surface area contributed by atoms with Crippen LogP contribution in [0.15, 0.2) is 12.2 Å². The average molecular weight is 197 g/mol. The highest BCUT2D eigenvalue weighted by molar-refractivity contribution is 5.01. The molecule has 0 saturated heterocycles. The first-order valence-corrected chi connectivity index (χ1v) is 5.49. The van der Waals surface area contributed by atoms with Crippen molar-refractivity contribution in [2.24, 2.45) is 22.5 Å². The first-order valence-electron chi connectivity index (χ1n) is 5.49. The van der Waals surface area contributed by atoms with Gasteiger partial charge in [0.15, 0.2) is 0 Å². The van der Waals surface area contributed by atoms with Gasteiger partial charge >= 0.3 is 0 Å². The van der Waals surface area contributed by atoms with Gasteiger partial charge in [-0.1, -0.05) is 60.6 Å². The van der Waals surface area contributed by atoms with Crippen LogP contribution in [0.3, 0.4) is 0 Å². The summed E-state index contributed by atoms with van der Waals surface area (Å²) >= 11 is 0. The Balaban J connectivity index is 4.36. The van der Waals surface area contributed by atoms with E-state index in [9.17, 15) is 0 Å². The third-order valence-electron chi connectivity index (χ3n) is 2.76. The SMILES string of the molecule is C[C@@H](C(N)C=CC(C)(C)C)C(C)(C)C. The van der Waals surface area contributed by atoms with Crippen LogP contribution in [0.25, 0.3) is 0 Å². The van der Waals surface area contributed by atoms with E-state index in [1.807, 2.05) is 0 Å². The van der Waals surface area contributed by atoms with Crippen molar-refractivity contribution < 1.29 is 0 Å². The maximum absolute atomic E-state index is 6.12. The zero-order chi connectivity index (χ0) is 11.6. The zero-order valence-corrected chi connectivity index (χ0v) is 10.9. The molecule has 0 bridgehead atoms. The van der Waals surface area contributed by atoms with Crippen LogP contribution in [0.5, 0.6) is 0 Å². The van der Waals surface area contributed by atoms with Crippen molar-refractivity contribution in [3.05, 3.63) is 12.2 Å². The van der Waals surface area contributed by atoms with Crippen LogP contribution < -0.4 is 5.73 Å². The van der Waals surface area contributed by atoms with Gasteiger partial charge in [0, 0.05) is 6.04 Å². The molecular weight excluding hydrogens is 170 g/mol. The topological polar surface area (TPSA) is 26.0 Å². The molecule has 1 nitrogen and oxygen atoms in total. The molecule has 1 heteroatoms. The molecule has 0 amide bonds. The molecule has 0 radical (unpaired) electrons. The van der Waals surface area contributed by atoms with Crippen molar-refractivity contribution in [2.45, 2.75) is 54.5 Å². The van der Waals surface area contributed by atoms with E-state index < -0.39 is 0 Å². The van der Waals surface area contributed by atoms with Crippen LogP contribution in [0.4, 0.5) is 0 Å². The van der Waals surface area contributed by atoms with Gasteiger partial charge in [-0.2, -0.15) is 0 Å². The summed E-state index contributed by atoms with van der Waals surface area (Å²) in [4.78, 5) is 0. The highest BCUT2D eigenvalue weighted by Gasteiger charge is 2.24. The molecule has 0 aromatic heterocycles. The van der Waals surface area contributed by atoms with Crippen LogP contribution in [-0.2, 0) is 0 Å². The second-order valence-electron chi connectivity index (χ2n) is 6.46. The predicted octanol–water partition coefficient (Wildman–Crippen LogP) is 3.60. The molecule has 0 aromatic carbocycles. The average Bonchev–Trinajstić information content (AvgIpc) is 1.95. The smallest absolute Gasteiger partial charge is 0.0255 e. The molecule has 0 aliphatic heterocycles. The van der Waals surface area contributed by atoms with Gasteiger partial charge in [0.05, 0.1) is 0 Å². The molecule has 2 N–H and O–H groups in total. The maximum atomic E-state index is 6.12. The molecule has 2 atom stereocenters. The minimum Gasteiger partial charge on any atom is -0.324 e. The lowest BCUT2D eigenvalue weighted by atomic mass is 9.77. The van der Waals surface area contributed by atoms with Gasteiger partial charge in [0.2, 0.25) is 0 Å². The Bertz CT molecular complexity index is 190. The number of nitrogens with two attached hydrogens (primary N) is 1. The summed E-state index contributed by atoms with van der Waals surface area (Å²) in [6.45, 7) is 15.5. The van der Waals surface area contributed by atoms with E-state index in [-0.39, 0.29) is 16.9 Å². The first-order chi connectivity index (χ1) is 6.04. The fourth-order valence-corrected chi connectivity index (χ4v) is 1.14. The molecule has 0 spiro atoms. The molecule has 0 fully saturated rings. The Kier molecular flexibility index (Phi) is 4.38. The van der Waals surface area contributed by atoms with Gasteiger partial charge < -0.3 is 5.73 Å². The second-order valence-corrected chi connectivity index (χ2v) is 6.46. The lowest BCUT2D eigenvalue weighted by molar-refractivity contribution is 0.241. The predicted molar refractivity (Wildman–Crippen MR) is 65.2 cm³/mol. The van der Waals surface area contributed by atoms with E-state index >= 15 is 0 Å². The van der Waals surface area contributed by atoms with Crippen LogP contribution in [-0.4, -0.2) is 6.04 Å².